The summed E-state index contributed by atoms with van der Waals surface area (Å²) >= 11 is 0. The zero-order valence-electron chi connectivity index (χ0n) is 10.2. The van der Waals surface area contributed by atoms with Crippen LogP contribution in [0, 0.1) is 5.82 Å². The molecular formula is C13H15FN4. The van der Waals surface area contributed by atoms with E-state index in [1.54, 1.807) is 12.1 Å². The van der Waals surface area contributed by atoms with Gasteiger partial charge in [-0.1, -0.05) is 12.1 Å². The molecule has 0 fully saturated rings. The van der Waals surface area contributed by atoms with Gasteiger partial charge in [0.15, 0.2) is 0 Å². The van der Waals surface area contributed by atoms with Crippen LogP contribution in [0.3, 0.4) is 0 Å². The van der Waals surface area contributed by atoms with E-state index in [-0.39, 0.29) is 11.9 Å². The predicted octanol–water partition coefficient (Wildman–Crippen LogP) is 1.67. The monoisotopic (exact) mass is 246 g/mol. The summed E-state index contributed by atoms with van der Waals surface area (Å²) in [4.78, 5) is 0. The van der Waals surface area contributed by atoms with E-state index in [0.29, 0.717) is 6.42 Å². The highest BCUT2D eigenvalue weighted by Gasteiger charge is 2.21. The normalized spacial score (nSPS) is 18.7. The second-order valence-corrected chi connectivity index (χ2v) is 4.61. The van der Waals surface area contributed by atoms with Gasteiger partial charge < -0.3 is 9.88 Å². The molecule has 3 rings (SSSR count). The maximum absolute atomic E-state index is 13.1. The Morgan fingerprint density at radius 1 is 1.44 bits per heavy atom. The van der Waals surface area contributed by atoms with Crippen molar-refractivity contribution in [1.82, 2.24) is 20.1 Å². The van der Waals surface area contributed by atoms with Crippen molar-refractivity contribution < 1.29 is 4.39 Å². The van der Waals surface area contributed by atoms with Crippen molar-refractivity contribution in [2.24, 2.45) is 0 Å². The second kappa shape index (κ2) is 4.49. The van der Waals surface area contributed by atoms with Gasteiger partial charge in [-0.2, -0.15) is 0 Å². The molecule has 0 radical (unpaired) electrons. The third kappa shape index (κ3) is 2.01. The summed E-state index contributed by atoms with van der Waals surface area (Å²) in [6, 6.07) is 6.87. The number of aromatic nitrogens is 3. The predicted molar refractivity (Wildman–Crippen MR) is 65.6 cm³/mol. The molecule has 94 valence electrons. The smallest absolute Gasteiger partial charge is 0.149 e. The van der Waals surface area contributed by atoms with E-state index in [1.807, 2.05) is 6.07 Å². The number of benzene rings is 1. The molecule has 4 nitrogen and oxygen atoms in total. The summed E-state index contributed by atoms with van der Waals surface area (Å²) in [6.07, 6.45) is 0.622. The number of rotatable bonds is 2. The highest BCUT2D eigenvalue weighted by atomic mass is 19.1. The lowest BCUT2D eigenvalue weighted by Gasteiger charge is -2.21. The van der Waals surface area contributed by atoms with Crippen LogP contribution in [0.1, 0.15) is 30.2 Å². The lowest BCUT2D eigenvalue weighted by atomic mass is 10.1. The molecule has 1 unspecified atom stereocenters. The first-order valence-electron chi connectivity index (χ1n) is 6.14. The number of nitrogens with zero attached hydrogens (tertiary/aromatic N) is 3. The van der Waals surface area contributed by atoms with Crippen molar-refractivity contribution in [2.45, 2.75) is 25.9 Å². The molecule has 1 aromatic heterocycles. The first-order chi connectivity index (χ1) is 8.74. The van der Waals surface area contributed by atoms with E-state index in [9.17, 15) is 4.39 Å². The van der Waals surface area contributed by atoms with E-state index in [1.165, 1.54) is 6.07 Å². The van der Waals surface area contributed by atoms with Gasteiger partial charge in [-0.3, -0.25) is 0 Å². The van der Waals surface area contributed by atoms with Crippen LogP contribution in [0.5, 0.6) is 0 Å². The molecule has 5 heteroatoms. The van der Waals surface area contributed by atoms with Crippen molar-refractivity contribution >= 4 is 0 Å². The van der Waals surface area contributed by atoms with E-state index < -0.39 is 0 Å². The Balaban J connectivity index is 1.90. The lowest BCUT2D eigenvalue weighted by Crippen LogP contribution is -2.32. The average Bonchev–Trinajstić information content (AvgIpc) is 2.74. The Morgan fingerprint density at radius 3 is 3.17 bits per heavy atom. The summed E-state index contributed by atoms with van der Waals surface area (Å²) in [5, 5.41) is 11.8. The SMILES string of the molecule is CC1NCCn2c(Cc3cccc(F)c3)nnc21. The molecular weight excluding hydrogens is 231 g/mol. The third-order valence-corrected chi connectivity index (χ3v) is 3.28. The quantitative estimate of drug-likeness (QED) is 0.876. The maximum atomic E-state index is 13.1. The molecule has 1 atom stereocenters. The Hall–Kier alpha value is -1.75. The second-order valence-electron chi connectivity index (χ2n) is 4.61. The first-order valence-corrected chi connectivity index (χ1v) is 6.14. The molecule has 1 aliphatic heterocycles. The molecule has 0 aliphatic carbocycles. The molecule has 0 saturated heterocycles. The van der Waals surface area contributed by atoms with Crippen LogP contribution in [0.25, 0.3) is 0 Å². The summed E-state index contributed by atoms with van der Waals surface area (Å²) < 4.78 is 15.3. The number of nitrogens with one attached hydrogen (secondary N) is 1. The summed E-state index contributed by atoms with van der Waals surface area (Å²) in [5.74, 6) is 1.66. The van der Waals surface area contributed by atoms with Crippen LogP contribution in [0.2, 0.25) is 0 Å². The van der Waals surface area contributed by atoms with E-state index >= 15 is 0 Å². The van der Waals surface area contributed by atoms with Crippen LogP contribution < -0.4 is 5.32 Å². The summed E-state index contributed by atoms with van der Waals surface area (Å²) in [7, 11) is 0. The molecule has 1 aromatic carbocycles. The lowest BCUT2D eigenvalue weighted by molar-refractivity contribution is 0.431. The number of fused-ring (bicyclic) bond motifs is 1. The molecule has 0 amide bonds. The Labute approximate surface area is 105 Å². The first kappa shape index (κ1) is 11.3. The average molecular weight is 246 g/mol. The van der Waals surface area contributed by atoms with Crippen molar-refractivity contribution in [3.63, 3.8) is 0 Å². The minimum Gasteiger partial charge on any atom is -0.312 e. The van der Waals surface area contributed by atoms with E-state index in [2.05, 4.69) is 27.0 Å². The molecule has 2 heterocycles. The van der Waals surface area contributed by atoms with Gasteiger partial charge in [0, 0.05) is 19.5 Å². The van der Waals surface area contributed by atoms with Gasteiger partial charge in [-0.05, 0) is 24.6 Å². The van der Waals surface area contributed by atoms with Crippen molar-refractivity contribution in [3.8, 4) is 0 Å². The van der Waals surface area contributed by atoms with Gasteiger partial charge in [0.05, 0.1) is 6.04 Å². The van der Waals surface area contributed by atoms with Gasteiger partial charge in [-0.25, -0.2) is 4.39 Å². The van der Waals surface area contributed by atoms with Crippen molar-refractivity contribution in [2.75, 3.05) is 6.54 Å². The number of hydrogen-bond donors (Lipinski definition) is 1. The molecule has 2 aromatic rings. The molecule has 1 N–H and O–H groups in total. The largest absolute Gasteiger partial charge is 0.312 e. The summed E-state index contributed by atoms with van der Waals surface area (Å²) in [5.41, 5.74) is 0.927. The van der Waals surface area contributed by atoms with Crippen LogP contribution in [-0.2, 0) is 13.0 Å². The highest BCUT2D eigenvalue weighted by molar-refractivity contribution is 5.21. The fourth-order valence-corrected chi connectivity index (χ4v) is 2.36. The number of halogens is 1. The molecule has 18 heavy (non-hydrogen) atoms. The summed E-state index contributed by atoms with van der Waals surface area (Å²) in [6.45, 7) is 3.87. The van der Waals surface area contributed by atoms with Gasteiger partial charge in [-0.15, -0.1) is 10.2 Å². The van der Waals surface area contributed by atoms with Gasteiger partial charge in [0.2, 0.25) is 0 Å². The molecule has 1 aliphatic rings. The van der Waals surface area contributed by atoms with Crippen LogP contribution in [0.4, 0.5) is 4.39 Å². The zero-order chi connectivity index (χ0) is 12.5. The van der Waals surface area contributed by atoms with Gasteiger partial charge in [0.1, 0.15) is 17.5 Å². The van der Waals surface area contributed by atoms with Crippen LogP contribution in [-0.4, -0.2) is 21.3 Å². The van der Waals surface area contributed by atoms with Crippen LogP contribution >= 0.6 is 0 Å². The Kier molecular flexibility index (Phi) is 2.83. The fourth-order valence-electron chi connectivity index (χ4n) is 2.36. The van der Waals surface area contributed by atoms with Crippen molar-refractivity contribution in [1.29, 1.82) is 0 Å². The minimum absolute atomic E-state index is 0.207. The molecule has 0 bridgehead atoms. The highest BCUT2D eigenvalue weighted by Crippen LogP contribution is 2.17. The third-order valence-electron chi connectivity index (χ3n) is 3.28. The minimum atomic E-state index is -0.207. The van der Waals surface area contributed by atoms with Gasteiger partial charge >= 0.3 is 0 Å². The Bertz CT molecular complexity index is 564. The number of hydrogen-bond acceptors (Lipinski definition) is 3. The fraction of sp³-hybridized carbons (Fsp3) is 0.385. The standard InChI is InChI=1S/C13H15FN4/c1-9-13-17-16-12(18(13)6-5-15-9)8-10-3-2-4-11(14)7-10/h2-4,7,9,15H,5-6,8H2,1H3. The topological polar surface area (TPSA) is 42.7 Å². The Morgan fingerprint density at radius 2 is 2.33 bits per heavy atom. The van der Waals surface area contributed by atoms with E-state index in [4.69, 9.17) is 0 Å². The molecule has 0 spiro atoms. The van der Waals surface area contributed by atoms with Gasteiger partial charge in [0.25, 0.3) is 0 Å². The zero-order valence-corrected chi connectivity index (χ0v) is 10.2. The molecule has 0 saturated carbocycles. The maximum Gasteiger partial charge on any atom is 0.149 e. The van der Waals surface area contributed by atoms with E-state index in [0.717, 1.165) is 30.3 Å². The van der Waals surface area contributed by atoms with Crippen LogP contribution in [0.15, 0.2) is 24.3 Å². The van der Waals surface area contributed by atoms with Crippen molar-refractivity contribution in [3.05, 3.63) is 47.3 Å².